The molecule has 26 heavy (non-hydrogen) atoms. The Bertz CT molecular complexity index is 992. The monoisotopic (exact) mass is 368 g/mol. The van der Waals surface area contributed by atoms with Gasteiger partial charge in [0.2, 0.25) is 5.91 Å². The largest absolute Gasteiger partial charge is 0.419 e. The SMILES string of the molecule is O=C(CCCn1c(=O)oc2ccccc21)N[C@H]1CCSc2ccccc21. The molecule has 0 saturated heterocycles. The number of carbonyl (C=O) groups excluding carboxylic acids is 1. The Balaban J connectivity index is 1.36. The molecule has 3 aromatic rings. The van der Waals surface area contributed by atoms with Gasteiger partial charge in [0.05, 0.1) is 11.6 Å². The van der Waals surface area contributed by atoms with Gasteiger partial charge in [0.25, 0.3) is 0 Å². The highest BCUT2D eigenvalue weighted by atomic mass is 32.2. The summed E-state index contributed by atoms with van der Waals surface area (Å²) in [4.78, 5) is 25.6. The molecule has 0 saturated carbocycles. The van der Waals surface area contributed by atoms with E-state index in [0.717, 1.165) is 17.7 Å². The number of hydrogen-bond donors (Lipinski definition) is 1. The minimum atomic E-state index is -0.371. The van der Waals surface area contributed by atoms with Crippen LogP contribution < -0.4 is 11.1 Å². The van der Waals surface area contributed by atoms with Crippen LogP contribution >= 0.6 is 11.8 Å². The van der Waals surface area contributed by atoms with Crippen molar-refractivity contribution in [3.8, 4) is 0 Å². The zero-order valence-electron chi connectivity index (χ0n) is 14.3. The fourth-order valence-electron chi connectivity index (χ4n) is 3.38. The van der Waals surface area contributed by atoms with Crippen LogP contribution in [-0.4, -0.2) is 16.2 Å². The van der Waals surface area contributed by atoms with Crippen LogP contribution in [0.1, 0.15) is 30.9 Å². The van der Waals surface area contributed by atoms with Gasteiger partial charge >= 0.3 is 5.76 Å². The molecule has 0 unspecified atom stereocenters. The maximum Gasteiger partial charge on any atom is 0.419 e. The molecule has 2 aromatic carbocycles. The molecule has 1 aliphatic heterocycles. The van der Waals surface area contributed by atoms with Crippen molar-refractivity contribution in [3.63, 3.8) is 0 Å². The fraction of sp³-hybridized carbons (Fsp3) is 0.300. The zero-order chi connectivity index (χ0) is 17.9. The summed E-state index contributed by atoms with van der Waals surface area (Å²) in [6, 6.07) is 15.7. The lowest BCUT2D eigenvalue weighted by atomic mass is 10.0. The molecule has 5 nitrogen and oxygen atoms in total. The first-order chi connectivity index (χ1) is 12.7. The van der Waals surface area contributed by atoms with Gasteiger partial charge in [-0.05, 0) is 36.6 Å². The third-order valence-corrected chi connectivity index (χ3v) is 5.78. The summed E-state index contributed by atoms with van der Waals surface area (Å²) in [7, 11) is 0. The molecule has 6 heteroatoms. The third kappa shape index (κ3) is 3.42. The van der Waals surface area contributed by atoms with Gasteiger partial charge in [-0.3, -0.25) is 9.36 Å². The van der Waals surface area contributed by atoms with Crippen molar-refractivity contribution in [1.82, 2.24) is 9.88 Å². The van der Waals surface area contributed by atoms with Crippen LogP contribution in [0.5, 0.6) is 0 Å². The van der Waals surface area contributed by atoms with Crippen LogP contribution in [0.3, 0.4) is 0 Å². The van der Waals surface area contributed by atoms with Crippen LogP contribution in [0, 0.1) is 0 Å². The number of amides is 1. The average molecular weight is 368 g/mol. The van der Waals surface area contributed by atoms with E-state index in [4.69, 9.17) is 4.42 Å². The number of thioether (sulfide) groups is 1. The molecule has 1 aliphatic rings. The van der Waals surface area contributed by atoms with Crippen LogP contribution in [0.25, 0.3) is 11.1 Å². The minimum absolute atomic E-state index is 0.0255. The van der Waals surface area contributed by atoms with Gasteiger partial charge in [0.15, 0.2) is 5.58 Å². The Morgan fingerprint density at radius 1 is 1.19 bits per heavy atom. The smallest absolute Gasteiger partial charge is 0.408 e. The molecule has 1 aromatic heterocycles. The van der Waals surface area contributed by atoms with Crippen molar-refractivity contribution in [2.24, 2.45) is 0 Å². The van der Waals surface area contributed by atoms with Crippen LogP contribution in [0.2, 0.25) is 0 Å². The summed E-state index contributed by atoms with van der Waals surface area (Å²) >= 11 is 1.84. The lowest BCUT2D eigenvalue weighted by molar-refractivity contribution is -0.122. The van der Waals surface area contributed by atoms with Gasteiger partial charge in [-0.25, -0.2) is 4.79 Å². The summed E-state index contributed by atoms with van der Waals surface area (Å²) < 4.78 is 6.81. The highest BCUT2D eigenvalue weighted by molar-refractivity contribution is 7.99. The molecule has 2 heterocycles. The topological polar surface area (TPSA) is 64.2 Å². The van der Waals surface area contributed by atoms with Gasteiger partial charge in [0, 0.05) is 23.6 Å². The first-order valence-corrected chi connectivity index (χ1v) is 9.80. The second-order valence-corrected chi connectivity index (χ2v) is 7.52. The number of aryl methyl sites for hydroxylation is 1. The van der Waals surface area contributed by atoms with Gasteiger partial charge in [-0.2, -0.15) is 0 Å². The van der Waals surface area contributed by atoms with Gasteiger partial charge in [-0.1, -0.05) is 30.3 Å². The van der Waals surface area contributed by atoms with Crippen LogP contribution in [0.4, 0.5) is 0 Å². The van der Waals surface area contributed by atoms with E-state index in [2.05, 4.69) is 17.4 Å². The van der Waals surface area contributed by atoms with Crippen molar-refractivity contribution >= 4 is 28.8 Å². The molecule has 134 valence electrons. The number of nitrogens with zero attached hydrogens (tertiary/aromatic N) is 1. The zero-order valence-corrected chi connectivity index (χ0v) is 15.1. The van der Waals surface area contributed by atoms with E-state index in [1.807, 2.05) is 42.1 Å². The summed E-state index contributed by atoms with van der Waals surface area (Å²) in [5, 5.41) is 3.14. The predicted octanol–water partition coefficient (Wildman–Crippen LogP) is 3.73. The van der Waals surface area contributed by atoms with Crippen molar-refractivity contribution in [2.75, 3.05) is 5.75 Å². The summed E-state index contributed by atoms with van der Waals surface area (Å²) in [5.41, 5.74) is 2.56. The predicted molar refractivity (Wildman–Crippen MR) is 102 cm³/mol. The highest BCUT2D eigenvalue weighted by Crippen LogP contribution is 2.35. The van der Waals surface area contributed by atoms with E-state index in [-0.39, 0.29) is 17.7 Å². The maximum atomic E-state index is 12.4. The Hall–Kier alpha value is -2.47. The number of nitrogens with one attached hydrogen (secondary N) is 1. The second-order valence-electron chi connectivity index (χ2n) is 6.39. The first kappa shape index (κ1) is 17.0. The molecule has 4 rings (SSSR count). The van der Waals surface area contributed by atoms with Crippen LogP contribution in [-0.2, 0) is 11.3 Å². The van der Waals surface area contributed by atoms with Gasteiger partial charge in [-0.15, -0.1) is 11.8 Å². The third-order valence-electron chi connectivity index (χ3n) is 4.65. The number of para-hydroxylation sites is 2. The quantitative estimate of drug-likeness (QED) is 0.745. The number of carbonyl (C=O) groups is 1. The van der Waals surface area contributed by atoms with E-state index in [1.54, 1.807) is 10.6 Å². The Labute approximate surface area is 155 Å². The molecule has 0 aliphatic carbocycles. The molecule has 0 bridgehead atoms. The van der Waals surface area contributed by atoms with Crippen LogP contribution in [0.15, 0.2) is 62.6 Å². The Morgan fingerprint density at radius 3 is 2.92 bits per heavy atom. The standard InChI is InChI=1S/C20H20N2O3S/c23-19(21-15-11-13-26-18-9-4-1-6-14(15)18)10-5-12-22-16-7-2-3-8-17(16)25-20(22)24/h1-4,6-9,15H,5,10-13H2,(H,21,23)/t15-/m0/s1. The number of fused-ring (bicyclic) bond motifs is 2. The molecular weight excluding hydrogens is 348 g/mol. The van der Waals surface area contributed by atoms with E-state index in [0.29, 0.717) is 25.0 Å². The molecule has 0 radical (unpaired) electrons. The lowest BCUT2D eigenvalue weighted by Gasteiger charge is -2.25. The first-order valence-electron chi connectivity index (χ1n) is 8.82. The van der Waals surface area contributed by atoms with Crippen molar-refractivity contribution in [3.05, 3.63) is 64.6 Å². The minimum Gasteiger partial charge on any atom is -0.408 e. The van der Waals surface area contributed by atoms with Gasteiger partial charge in [0.1, 0.15) is 0 Å². The molecule has 1 atom stereocenters. The normalized spacial score (nSPS) is 16.4. The van der Waals surface area contributed by atoms with E-state index >= 15 is 0 Å². The number of aromatic nitrogens is 1. The highest BCUT2D eigenvalue weighted by Gasteiger charge is 2.21. The summed E-state index contributed by atoms with van der Waals surface area (Å²) in [5.74, 6) is 0.667. The Kier molecular flexibility index (Phi) is 4.84. The Morgan fingerprint density at radius 2 is 2.00 bits per heavy atom. The average Bonchev–Trinajstić information content (AvgIpc) is 2.98. The van der Waals surface area contributed by atoms with Crippen molar-refractivity contribution in [1.29, 1.82) is 0 Å². The lowest BCUT2D eigenvalue weighted by Crippen LogP contribution is -2.30. The fourth-order valence-corrected chi connectivity index (χ4v) is 4.51. The van der Waals surface area contributed by atoms with E-state index in [1.165, 1.54) is 10.5 Å². The number of oxazole rings is 1. The van der Waals surface area contributed by atoms with Crippen molar-refractivity contribution < 1.29 is 9.21 Å². The molecule has 0 fully saturated rings. The van der Waals surface area contributed by atoms with E-state index < -0.39 is 0 Å². The van der Waals surface area contributed by atoms with Crippen molar-refractivity contribution in [2.45, 2.75) is 36.7 Å². The van der Waals surface area contributed by atoms with Gasteiger partial charge < -0.3 is 9.73 Å². The number of hydrogen-bond acceptors (Lipinski definition) is 4. The van der Waals surface area contributed by atoms with E-state index in [9.17, 15) is 9.59 Å². The molecule has 1 amide bonds. The molecule has 0 spiro atoms. The molecule has 1 N–H and O–H groups in total. The summed E-state index contributed by atoms with van der Waals surface area (Å²) in [6.45, 7) is 0.473. The summed E-state index contributed by atoms with van der Waals surface area (Å²) in [6.07, 6.45) is 1.93. The number of benzene rings is 2. The number of rotatable bonds is 5. The maximum absolute atomic E-state index is 12.4. The molecular formula is C20H20N2O3S. The second kappa shape index (κ2) is 7.41.